The summed E-state index contributed by atoms with van der Waals surface area (Å²) >= 11 is 0. The first-order valence-electron chi connectivity index (χ1n) is 8.26. The average molecular weight is 317 g/mol. The summed E-state index contributed by atoms with van der Waals surface area (Å²) in [6.45, 7) is 4.12. The number of hydrogen-bond donors (Lipinski definition) is 2. The first-order valence-corrected chi connectivity index (χ1v) is 8.26. The van der Waals surface area contributed by atoms with E-state index in [9.17, 15) is 5.11 Å². The van der Waals surface area contributed by atoms with Gasteiger partial charge in [0, 0.05) is 5.69 Å². The van der Waals surface area contributed by atoms with Crippen molar-refractivity contribution >= 4 is 5.69 Å². The molecule has 24 heavy (non-hydrogen) atoms. The van der Waals surface area contributed by atoms with Gasteiger partial charge in [-0.05, 0) is 37.1 Å². The molecule has 122 valence electrons. The second kappa shape index (κ2) is 7.33. The molecule has 0 saturated carbocycles. The summed E-state index contributed by atoms with van der Waals surface area (Å²) in [6.07, 6.45) is -0.631. The van der Waals surface area contributed by atoms with Crippen LogP contribution in [-0.4, -0.2) is 5.11 Å². The van der Waals surface area contributed by atoms with Crippen molar-refractivity contribution in [1.82, 2.24) is 0 Å². The molecule has 2 heteroatoms. The summed E-state index contributed by atoms with van der Waals surface area (Å²) in [5, 5.41) is 14.5. The van der Waals surface area contributed by atoms with Gasteiger partial charge in [-0.2, -0.15) is 0 Å². The number of anilines is 1. The molecule has 0 unspecified atom stereocenters. The highest BCUT2D eigenvalue weighted by atomic mass is 16.3. The smallest absolute Gasteiger partial charge is 0.103 e. The topological polar surface area (TPSA) is 32.3 Å². The van der Waals surface area contributed by atoms with E-state index in [1.54, 1.807) is 0 Å². The van der Waals surface area contributed by atoms with E-state index in [1.807, 2.05) is 54.6 Å². The third kappa shape index (κ3) is 3.84. The van der Waals surface area contributed by atoms with Crippen LogP contribution in [0.2, 0.25) is 0 Å². The van der Waals surface area contributed by atoms with Gasteiger partial charge in [0.05, 0.1) is 6.04 Å². The molecule has 3 aromatic carbocycles. The van der Waals surface area contributed by atoms with Gasteiger partial charge in [0.25, 0.3) is 0 Å². The Labute approximate surface area is 143 Å². The first-order chi connectivity index (χ1) is 11.6. The van der Waals surface area contributed by atoms with Crippen LogP contribution in [-0.2, 0) is 0 Å². The van der Waals surface area contributed by atoms with Gasteiger partial charge in [-0.15, -0.1) is 0 Å². The first kappa shape index (κ1) is 16.3. The van der Waals surface area contributed by atoms with Crippen LogP contribution >= 0.6 is 0 Å². The maximum atomic E-state index is 11.0. The van der Waals surface area contributed by atoms with Gasteiger partial charge in [0.15, 0.2) is 0 Å². The van der Waals surface area contributed by atoms with E-state index < -0.39 is 6.10 Å². The predicted octanol–water partition coefficient (Wildman–Crippen LogP) is 5.19. The Hall–Kier alpha value is -2.58. The fourth-order valence-corrected chi connectivity index (χ4v) is 2.79. The monoisotopic (exact) mass is 317 g/mol. The van der Waals surface area contributed by atoms with Crippen LogP contribution in [0.5, 0.6) is 0 Å². The second-order valence-corrected chi connectivity index (χ2v) is 6.25. The lowest BCUT2D eigenvalue weighted by Crippen LogP contribution is -2.19. The van der Waals surface area contributed by atoms with Crippen LogP contribution in [0.25, 0.3) is 0 Å². The molecule has 0 aromatic heterocycles. The standard InChI is InChI=1S/C22H23NO/c1-16-8-12-18(13-9-16)21(23-20-6-4-3-5-7-20)22(24)19-14-10-17(2)11-15-19/h3-15,21-24H,1-2H3/t21-,22-/m0/s1. The van der Waals surface area contributed by atoms with E-state index in [2.05, 4.69) is 43.4 Å². The molecule has 0 aliphatic rings. The largest absolute Gasteiger partial charge is 0.386 e. The van der Waals surface area contributed by atoms with Crippen molar-refractivity contribution in [3.63, 3.8) is 0 Å². The zero-order valence-corrected chi connectivity index (χ0v) is 14.1. The fourth-order valence-electron chi connectivity index (χ4n) is 2.79. The number of aryl methyl sites for hydroxylation is 2. The maximum Gasteiger partial charge on any atom is 0.103 e. The van der Waals surface area contributed by atoms with Crippen LogP contribution in [0.4, 0.5) is 5.69 Å². The molecule has 2 nitrogen and oxygen atoms in total. The molecule has 3 aromatic rings. The second-order valence-electron chi connectivity index (χ2n) is 6.25. The summed E-state index contributed by atoms with van der Waals surface area (Å²) in [5.74, 6) is 0. The lowest BCUT2D eigenvalue weighted by atomic mass is 9.94. The third-order valence-electron chi connectivity index (χ3n) is 4.27. The van der Waals surface area contributed by atoms with Crippen molar-refractivity contribution in [3.05, 3.63) is 101 Å². The maximum absolute atomic E-state index is 11.0. The highest BCUT2D eigenvalue weighted by Crippen LogP contribution is 2.32. The zero-order valence-electron chi connectivity index (χ0n) is 14.1. The van der Waals surface area contributed by atoms with Gasteiger partial charge in [0.2, 0.25) is 0 Å². The fraction of sp³-hybridized carbons (Fsp3) is 0.182. The zero-order chi connectivity index (χ0) is 16.9. The molecular weight excluding hydrogens is 294 g/mol. The molecule has 0 amide bonds. The van der Waals surface area contributed by atoms with Gasteiger partial charge >= 0.3 is 0 Å². The SMILES string of the molecule is Cc1ccc([C@H](O)[C@@H](Nc2ccccc2)c2ccc(C)cc2)cc1. The minimum atomic E-state index is -0.631. The number of nitrogens with one attached hydrogen (secondary N) is 1. The number of benzene rings is 3. The Morgan fingerprint density at radius 1 is 0.667 bits per heavy atom. The highest BCUT2D eigenvalue weighted by molar-refractivity contribution is 5.46. The van der Waals surface area contributed by atoms with Crippen molar-refractivity contribution in [2.75, 3.05) is 5.32 Å². The molecule has 3 rings (SSSR count). The number of aliphatic hydroxyl groups is 1. The molecule has 0 heterocycles. The summed E-state index contributed by atoms with van der Waals surface area (Å²) in [5.41, 5.74) is 5.37. The Balaban J connectivity index is 1.94. The summed E-state index contributed by atoms with van der Waals surface area (Å²) in [4.78, 5) is 0. The van der Waals surface area contributed by atoms with Crippen molar-refractivity contribution in [3.8, 4) is 0 Å². The summed E-state index contributed by atoms with van der Waals surface area (Å²) < 4.78 is 0. The minimum Gasteiger partial charge on any atom is -0.386 e. The van der Waals surface area contributed by atoms with Gasteiger partial charge in [-0.1, -0.05) is 77.9 Å². The molecule has 0 aliphatic carbocycles. The Morgan fingerprint density at radius 2 is 1.17 bits per heavy atom. The van der Waals surface area contributed by atoms with E-state index in [4.69, 9.17) is 0 Å². The van der Waals surface area contributed by atoms with Crippen LogP contribution in [0.3, 0.4) is 0 Å². The van der Waals surface area contributed by atoms with Gasteiger partial charge in [0.1, 0.15) is 6.10 Å². The number of para-hydroxylation sites is 1. The Kier molecular flexibility index (Phi) is 4.97. The molecule has 0 aliphatic heterocycles. The van der Waals surface area contributed by atoms with Crippen LogP contribution in [0, 0.1) is 13.8 Å². The van der Waals surface area contributed by atoms with E-state index in [0.717, 1.165) is 16.8 Å². The number of rotatable bonds is 5. The van der Waals surface area contributed by atoms with Crippen molar-refractivity contribution in [2.24, 2.45) is 0 Å². The van der Waals surface area contributed by atoms with Gasteiger partial charge in [-0.3, -0.25) is 0 Å². The molecule has 0 spiro atoms. The van der Waals surface area contributed by atoms with Crippen LogP contribution in [0.1, 0.15) is 34.4 Å². The normalized spacial score (nSPS) is 13.3. The summed E-state index contributed by atoms with van der Waals surface area (Å²) in [7, 11) is 0. The van der Waals surface area contributed by atoms with E-state index in [1.165, 1.54) is 11.1 Å². The van der Waals surface area contributed by atoms with E-state index in [0.29, 0.717) is 0 Å². The molecule has 2 N–H and O–H groups in total. The van der Waals surface area contributed by atoms with Crippen molar-refractivity contribution in [2.45, 2.75) is 26.0 Å². The minimum absolute atomic E-state index is 0.212. The predicted molar refractivity (Wildman–Crippen MR) is 100 cm³/mol. The van der Waals surface area contributed by atoms with Crippen molar-refractivity contribution in [1.29, 1.82) is 0 Å². The molecule has 0 bridgehead atoms. The molecule has 0 fully saturated rings. The van der Waals surface area contributed by atoms with E-state index in [-0.39, 0.29) is 6.04 Å². The number of hydrogen-bond acceptors (Lipinski definition) is 2. The molecule has 0 radical (unpaired) electrons. The lowest BCUT2D eigenvalue weighted by molar-refractivity contribution is 0.155. The highest BCUT2D eigenvalue weighted by Gasteiger charge is 2.22. The lowest BCUT2D eigenvalue weighted by Gasteiger charge is -2.26. The quantitative estimate of drug-likeness (QED) is 0.678. The Bertz CT molecular complexity index is 763. The molecule has 2 atom stereocenters. The summed E-state index contributed by atoms with van der Waals surface area (Å²) in [6, 6.07) is 26.2. The van der Waals surface area contributed by atoms with Crippen LogP contribution < -0.4 is 5.32 Å². The molecule has 0 saturated heterocycles. The van der Waals surface area contributed by atoms with Gasteiger partial charge < -0.3 is 10.4 Å². The Morgan fingerprint density at radius 3 is 1.71 bits per heavy atom. The van der Waals surface area contributed by atoms with E-state index >= 15 is 0 Å². The third-order valence-corrected chi connectivity index (χ3v) is 4.27. The number of aliphatic hydroxyl groups excluding tert-OH is 1. The van der Waals surface area contributed by atoms with Crippen LogP contribution in [0.15, 0.2) is 78.9 Å². The van der Waals surface area contributed by atoms with Crippen molar-refractivity contribution < 1.29 is 5.11 Å². The van der Waals surface area contributed by atoms with Gasteiger partial charge in [-0.25, -0.2) is 0 Å². The average Bonchev–Trinajstić information content (AvgIpc) is 2.62. The molecular formula is C22H23NO.